The van der Waals surface area contributed by atoms with Gasteiger partial charge in [0.05, 0.1) is 11.0 Å². The van der Waals surface area contributed by atoms with Crippen molar-refractivity contribution in [3.8, 4) is 0 Å². The fraction of sp³-hybridized carbons (Fsp3) is 0.562. The lowest BCUT2D eigenvalue weighted by Crippen LogP contribution is -2.05. The molecule has 2 aromatic rings. The fourth-order valence-corrected chi connectivity index (χ4v) is 2.47. The van der Waals surface area contributed by atoms with Crippen LogP contribution in [0.25, 0.3) is 11.0 Å². The van der Waals surface area contributed by atoms with Gasteiger partial charge in [0.2, 0.25) is 0 Å². The minimum Gasteiger partial charge on any atom is -0.328 e. The average Bonchev–Trinajstić information content (AvgIpc) is 2.74. The van der Waals surface area contributed by atoms with Crippen LogP contribution >= 0.6 is 0 Å². The highest BCUT2D eigenvalue weighted by Gasteiger charge is 2.12. The number of fused-ring (bicyclic) bond motifs is 1. The molecule has 1 aromatic carbocycles. The number of benzene rings is 1. The van der Waals surface area contributed by atoms with Crippen molar-refractivity contribution >= 4 is 11.0 Å². The highest BCUT2D eigenvalue weighted by Crippen LogP contribution is 2.22. The molecule has 0 aliphatic rings. The van der Waals surface area contributed by atoms with E-state index in [1.807, 2.05) is 0 Å². The monoisotopic (exact) mass is 244 g/mol. The van der Waals surface area contributed by atoms with Crippen LogP contribution in [0.15, 0.2) is 24.3 Å². The van der Waals surface area contributed by atoms with Crippen molar-refractivity contribution in [1.29, 1.82) is 0 Å². The maximum Gasteiger partial charge on any atom is 0.112 e. The van der Waals surface area contributed by atoms with E-state index in [0.717, 1.165) is 12.1 Å². The van der Waals surface area contributed by atoms with Crippen molar-refractivity contribution < 1.29 is 0 Å². The molecule has 0 atom stereocenters. The van der Waals surface area contributed by atoms with Crippen LogP contribution in [0.2, 0.25) is 0 Å². The smallest absolute Gasteiger partial charge is 0.112 e. The SMILES string of the molecule is CCCCCCn1c(C(C)C)nc2ccccc21. The van der Waals surface area contributed by atoms with Gasteiger partial charge in [-0.15, -0.1) is 0 Å². The Kier molecular flexibility index (Phi) is 4.40. The Labute approximate surface area is 110 Å². The second-order valence-electron chi connectivity index (χ2n) is 5.33. The molecule has 0 saturated carbocycles. The molecule has 0 unspecified atom stereocenters. The number of para-hydroxylation sites is 2. The van der Waals surface area contributed by atoms with Gasteiger partial charge in [0.25, 0.3) is 0 Å². The fourth-order valence-electron chi connectivity index (χ4n) is 2.47. The molecular weight excluding hydrogens is 220 g/mol. The molecule has 1 heterocycles. The first-order valence-corrected chi connectivity index (χ1v) is 7.19. The van der Waals surface area contributed by atoms with Crippen molar-refractivity contribution in [3.05, 3.63) is 30.1 Å². The molecule has 2 nitrogen and oxygen atoms in total. The summed E-state index contributed by atoms with van der Waals surface area (Å²) in [6, 6.07) is 8.48. The van der Waals surface area contributed by atoms with Gasteiger partial charge in [-0.2, -0.15) is 0 Å². The number of rotatable bonds is 6. The second kappa shape index (κ2) is 6.03. The third-order valence-electron chi connectivity index (χ3n) is 3.44. The zero-order valence-electron chi connectivity index (χ0n) is 11.8. The standard InChI is InChI=1S/C16H24N2/c1-4-5-6-9-12-18-15-11-8-7-10-14(15)17-16(18)13(2)3/h7-8,10-11,13H,4-6,9,12H2,1-3H3. The number of unbranched alkanes of at least 4 members (excludes halogenated alkanes) is 3. The molecule has 1 aromatic heterocycles. The first kappa shape index (κ1) is 13.1. The maximum atomic E-state index is 4.77. The van der Waals surface area contributed by atoms with Crippen LogP contribution in [-0.2, 0) is 6.54 Å². The summed E-state index contributed by atoms with van der Waals surface area (Å²) in [5.74, 6) is 1.72. The molecule has 0 spiro atoms. The summed E-state index contributed by atoms with van der Waals surface area (Å²) in [4.78, 5) is 4.77. The van der Waals surface area contributed by atoms with Crippen molar-refractivity contribution in [2.45, 2.75) is 58.9 Å². The highest BCUT2D eigenvalue weighted by molar-refractivity contribution is 5.76. The number of imidazole rings is 1. The summed E-state index contributed by atoms with van der Waals surface area (Å²) in [6.45, 7) is 7.81. The zero-order valence-corrected chi connectivity index (χ0v) is 11.8. The molecular formula is C16H24N2. The lowest BCUT2D eigenvalue weighted by molar-refractivity contribution is 0.562. The predicted octanol–water partition coefficient (Wildman–Crippen LogP) is 4.74. The molecule has 0 saturated heterocycles. The minimum absolute atomic E-state index is 0.489. The van der Waals surface area contributed by atoms with Crippen LogP contribution in [0.1, 0.15) is 58.2 Å². The van der Waals surface area contributed by atoms with Gasteiger partial charge in [0.15, 0.2) is 0 Å². The Morgan fingerprint density at radius 3 is 2.61 bits per heavy atom. The maximum absolute atomic E-state index is 4.77. The lowest BCUT2D eigenvalue weighted by atomic mass is 10.2. The third-order valence-corrected chi connectivity index (χ3v) is 3.44. The Morgan fingerprint density at radius 2 is 1.89 bits per heavy atom. The molecule has 2 heteroatoms. The van der Waals surface area contributed by atoms with Crippen molar-refractivity contribution in [1.82, 2.24) is 9.55 Å². The van der Waals surface area contributed by atoms with Crippen molar-refractivity contribution in [3.63, 3.8) is 0 Å². The number of aryl methyl sites for hydroxylation is 1. The van der Waals surface area contributed by atoms with E-state index in [4.69, 9.17) is 4.98 Å². The molecule has 0 radical (unpaired) electrons. The molecule has 0 aliphatic carbocycles. The van der Waals surface area contributed by atoms with E-state index >= 15 is 0 Å². The summed E-state index contributed by atoms with van der Waals surface area (Å²) in [5.41, 5.74) is 2.43. The summed E-state index contributed by atoms with van der Waals surface area (Å²) in [6.07, 6.45) is 5.21. The van der Waals surface area contributed by atoms with Gasteiger partial charge < -0.3 is 4.57 Å². The van der Waals surface area contributed by atoms with Crippen LogP contribution in [0.3, 0.4) is 0 Å². The largest absolute Gasteiger partial charge is 0.328 e. The second-order valence-corrected chi connectivity index (χ2v) is 5.33. The Morgan fingerprint density at radius 1 is 1.11 bits per heavy atom. The molecule has 0 aliphatic heterocycles. The molecule has 2 rings (SSSR count). The highest BCUT2D eigenvalue weighted by atomic mass is 15.1. The Balaban J connectivity index is 2.24. The average molecular weight is 244 g/mol. The van der Waals surface area contributed by atoms with Gasteiger partial charge in [-0.05, 0) is 18.6 Å². The van der Waals surface area contributed by atoms with Crippen LogP contribution in [-0.4, -0.2) is 9.55 Å². The predicted molar refractivity (Wildman–Crippen MR) is 78.0 cm³/mol. The number of hydrogen-bond acceptors (Lipinski definition) is 1. The van der Waals surface area contributed by atoms with Crippen molar-refractivity contribution in [2.75, 3.05) is 0 Å². The topological polar surface area (TPSA) is 17.8 Å². The molecule has 98 valence electrons. The van der Waals surface area contributed by atoms with E-state index in [-0.39, 0.29) is 0 Å². The zero-order chi connectivity index (χ0) is 13.0. The van der Waals surface area contributed by atoms with Gasteiger partial charge in [-0.25, -0.2) is 4.98 Å². The van der Waals surface area contributed by atoms with Gasteiger partial charge >= 0.3 is 0 Å². The molecule has 0 bridgehead atoms. The summed E-state index contributed by atoms with van der Waals surface area (Å²) >= 11 is 0. The van der Waals surface area contributed by atoms with Gasteiger partial charge in [0.1, 0.15) is 5.82 Å². The van der Waals surface area contributed by atoms with E-state index in [9.17, 15) is 0 Å². The van der Waals surface area contributed by atoms with E-state index in [1.54, 1.807) is 0 Å². The number of nitrogens with zero attached hydrogens (tertiary/aromatic N) is 2. The van der Waals surface area contributed by atoms with E-state index < -0.39 is 0 Å². The van der Waals surface area contributed by atoms with Gasteiger partial charge in [0, 0.05) is 12.5 Å². The molecule has 0 fully saturated rings. The molecule has 18 heavy (non-hydrogen) atoms. The van der Waals surface area contributed by atoms with Crippen molar-refractivity contribution in [2.24, 2.45) is 0 Å². The Bertz CT molecular complexity index is 497. The molecule has 0 amide bonds. The van der Waals surface area contributed by atoms with Crippen LogP contribution in [0, 0.1) is 0 Å². The normalized spacial score (nSPS) is 11.6. The quantitative estimate of drug-likeness (QED) is 0.671. The summed E-state index contributed by atoms with van der Waals surface area (Å²) < 4.78 is 2.41. The van der Waals surface area contributed by atoms with Gasteiger partial charge in [-0.3, -0.25) is 0 Å². The lowest BCUT2D eigenvalue weighted by Gasteiger charge is -2.11. The first-order chi connectivity index (χ1) is 8.74. The first-order valence-electron chi connectivity index (χ1n) is 7.19. The van der Waals surface area contributed by atoms with Crippen LogP contribution in [0.4, 0.5) is 0 Å². The Hall–Kier alpha value is -1.31. The summed E-state index contributed by atoms with van der Waals surface area (Å²) in [7, 11) is 0. The number of aromatic nitrogens is 2. The van der Waals surface area contributed by atoms with Crippen LogP contribution < -0.4 is 0 Å². The third kappa shape index (κ3) is 2.74. The summed E-state index contributed by atoms with van der Waals surface area (Å²) in [5, 5.41) is 0. The minimum atomic E-state index is 0.489. The van der Waals surface area contributed by atoms with Gasteiger partial charge in [-0.1, -0.05) is 52.2 Å². The van der Waals surface area contributed by atoms with E-state index in [0.29, 0.717) is 5.92 Å². The number of hydrogen-bond donors (Lipinski definition) is 0. The van der Waals surface area contributed by atoms with E-state index in [1.165, 1.54) is 37.0 Å². The molecule has 0 N–H and O–H groups in total. The van der Waals surface area contributed by atoms with Crippen LogP contribution in [0.5, 0.6) is 0 Å². The van der Waals surface area contributed by atoms with E-state index in [2.05, 4.69) is 49.6 Å².